The molecule has 0 spiro atoms. The van der Waals surface area contributed by atoms with Crippen LogP contribution in [0.25, 0.3) is 88.3 Å². The summed E-state index contributed by atoms with van der Waals surface area (Å²) in [5, 5.41) is 4.75. The molecule has 0 radical (unpaired) electrons. The minimum absolute atomic E-state index is 0.488. The number of para-hydroxylation sites is 1. The van der Waals surface area contributed by atoms with Crippen molar-refractivity contribution in [3.05, 3.63) is 307 Å². The Hall–Kier alpha value is -9.50. The largest absolute Gasteiger partial charge is 0.456 e. The number of furan rings is 1. The van der Waals surface area contributed by atoms with Gasteiger partial charge in [-0.3, -0.25) is 0 Å². The SMILES string of the molecule is c1ccc(C2(c3ccccc3)c3ccccc3-c3c(-c4cccc(N(c5ccc(-c6ccc(-c7ccc8ccccc8c7)cc6)cc5)c5cccc(-c6ccc7c(c6)oc6ccccc67)c5)c4)cccc32)cc1. The maximum atomic E-state index is 6.38. The average Bonchev–Trinajstić information content (AvgIpc) is 4.05. The molecular weight excluding hydrogens is 883 g/mol. The van der Waals surface area contributed by atoms with Crippen molar-refractivity contribution in [1.29, 1.82) is 0 Å². The molecule has 0 atom stereocenters. The molecule has 0 saturated heterocycles. The van der Waals surface area contributed by atoms with Crippen LogP contribution in [0.15, 0.2) is 290 Å². The standard InChI is InChI=1S/C71H47NO/c1-3-20-57(21-4-1)71(58-22-5-2-6-23-58)66-29-11-9-27-65(66)70-62(28-15-30-67(70)71)56-19-14-25-61(46-56)72(60-24-13-18-53(45-60)55-40-43-64-63-26-10-12-31-68(63)73-69(64)47-55)59-41-38-50(39-42-59)49-32-34-51(35-33-49)54-37-36-48-16-7-8-17-52(48)44-54/h1-47H. The predicted octanol–water partition coefficient (Wildman–Crippen LogP) is 19.2. The summed E-state index contributed by atoms with van der Waals surface area (Å²) in [4.78, 5) is 2.40. The van der Waals surface area contributed by atoms with Crippen LogP contribution in [-0.4, -0.2) is 0 Å². The molecule has 12 aromatic carbocycles. The molecule has 0 bridgehead atoms. The maximum absolute atomic E-state index is 6.38. The molecule has 1 aliphatic carbocycles. The van der Waals surface area contributed by atoms with E-state index in [1.807, 2.05) is 12.1 Å². The Bertz CT molecular complexity index is 4150. The highest BCUT2D eigenvalue weighted by atomic mass is 16.3. The van der Waals surface area contributed by atoms with E-state index in [1.54, 1.807) is 0 Å². The first kappa shape index (κ1) is 42.4. The van der Waals surface area contributed by atoms with Crippen LogP contribution in [0.5, 0.6) is 0 Å². The Labute approximate surface area is 425 Å². The Morgan fingerprint density at radius 1 is 0.274 bits per heavy atom. The van der Waals surface area contributed by atoms with E-state index in [9.17, 15) is 0 Å². The number of nitrogens with zero attached hydrogens (tertiary/aromatic N) is 1. The third kappa shape index (κ3) is 7.10. The molecule has 0 fully saturated rings. The van der Waals surface area contributed by atoms with Gasteiger partial charge in [0.2, 0.25) is 0 Å². The molecule has 1 aliphatic rings. The van der Waals surface area contributed by atoms with Gasteiger partial charge in [-0.1, -0.05) is 224 Å². The van der Waals surface area contributed by atoms with E-state index in [2.05, 4.69) is 278 Å². The van der Waals surface area contributed by atoms with Crippen molar-refractivity contribution in [3.8, 4) is 55.6 Å². The van der Waals surface area contributed by atoms with Gasteiger partial charge in [-0.2, -0.15) is 0 Å². The van der Waals surface area contributed by atoms with Gasteiger partial charge in [-0.25, -0.2) is 0 Å². The van der Waals surface area contributed by atoms with Crippen molar-refractivity contribution >= 4 is 49.8 Å². The molecule has 1 heterocycles. The second kappa shape index (κ2) is 17.4. The van der Waals surface area contributed by atoms with Crippen molar-refractivity contribution < 1.29 is 4.42 Å². The number of benzene rings is 12. The first-order chi connectivity index (χ1) is 36.2. The molecule has 13 aromatic rings. The van der Waals surface area contributed by atoms with E-state index in [1.165, 1.54) is 66.4 Å². The fraction of sp³-hybridized carbons (Fsp3) is 0.0141. The monoisotopic (exact) mass is 929 g/mol. The van der Waals surface area contributed by atoms with Crippen LogP contribution in [0.3, 0.4) is 0 Å². The zero-order valence-electron chi connectivity index (χ0n) is 40.0. The lowest BCUT2D eigenvalue weighted by molar-refractivity contribution is 0.669. The number of fused-ring (bicyclic) bond motifs is 7. The minimum atomic E-state index is -0.488. The van der Waals surface area contributed by atoms with E-state index >= 15 is 0 Å². The van der Waals surface area contributed by atoms with E-state index in [0.29, 0.717) is 0 Å². The van der Waals surface area contributed by atoms with Gasteiger partial charge in [0, 0.05) is 27.8 Å². The summed E-state index contributed by atoms with van der Waals surface area (Å²) in [6.45, 7) is 0. The smallest absolute Gasteiger partial charge is 0.136 e. The van der Waals surface area contributed by atoms with Gasteiger partial charge >= 0.3 is 0 Å². The lowest BCUT2D eigenvalue weighted by Gasteiger charge is -2.34. The Morgan fingerprint density at radius 3 is 1.53 bits per heavy atom. The van der Waals surface area contributed by atoms with Crippen LogP contribution in [0.4, 0.5) is 17.1 Å². The van der Waals surface area contributed by atoms with Crippen LogP contribution in [0, 0.1) is 0 Å². The average molecular weight is 930 g/mol. The van der Waals surface area contributed by atoms with Gasteiger partial charge in [-0.15, -0.1) is 0 Å². The van der Waals surface area contributed by atoms with Gasteiger partial charge < -0.3 is 9.32 Å². The van der Waals surface area contributed by atoms with Gasteiger partial charge in [0.05, 0.1) is 5.41 Å². The van der Waals surface area contributed by atoms with Gasteiger partial charge in [0.15, 0.2) is 0 Å². The minimum Gasteiger partial charge on any atom is -0.456 e. The highest BCUT2D eigenvalue weighted by molar-refractivity contribution is 6.06. The van der Waals surface area contributed by atoms with Crippen LogP contribution >= 0.6 is 0 Å². The highest BCUT2D eigenvalue weighted by Crippen LogP contribution is 2.58. The molecule has 1 aromatic heterocycles. The molecule has 14 rings (SSSR count). The lowest BCUT2D eigenvalue weighted by Crippen LogP contribution is -2.28. The third-order valence-corrected chi connectivity index (χ3v) is 15.1. The quantitative estimate of drug-likeness (QED) is 0.143. The lowest BCUT2D eigenvalue weighted by atomic mass is 9.67. The van der Waals surface area contributed by atoms with Crippen molar-refractivity contribution in [1.82, 2.24) is 0 Å². The predicted molar refractivity (Wildman–Crippen MR) is 305 cm³/mol. The van der Waals surface area contributed by atoms with Gasteiger partial charge in [-0.05, 0) is 149 Å². The van der Waals surface area contributed by atoms with E-state index in [-0.39, 0.29) is 0 Å². The molecule has 73 heavy (non-hydrogen) atoms. The number of hydrogen-bond donors (Lipinski definition) is 0. The summed E-state index contributed by atoms with van der Waals surface area (Å²) in [5.41, 5.74) is 21.5. The summed E-state index contributed by atoms with van der Waals surface area (Å²) < 4.78 is 6.38. The second-order valence-corrected chi connectivity index (χ2v) is 19.2. The van der Waals surface area contributed by atoms with Crippen LogP contribution < -0.4 is 4.90 Å². The zero-order chi connectivity index (χ0) is 48.3. The third-order valence-electron chi connectivity index (χ3n) is 15.1. The van der Waals surface area contributed by atoms with Crippen LogP contribution in [0.2, 0.25) is 0 Å². The molecular formula is C71H47NO. The molecule has 2 nitrogen and oxygen atoms in total. The topological polar surface area (TPSA) is 16.4 Å². The molecule has 2 heteroatoms. The molecule has 0 N–H and O–H groups in total. The summed E-state index contributed by atoms with van der Waals surface area (Å²) in [6.07, 6.45) is 0. The Balaban J connectivity index is 0.891. The van der Waals surface area contributed by atoms with E-state index in [0.717, 1.165) is 61.3 Å². The summed E-state index contributed by atoms with van der Waals surface area (Å²) in [6, 6.07) is 104. The van der Waals surface area contributed by atoms with Crippen molar-refractivity contribution in [2.45, 2.75) is 5.41 Å². The van der Waals surface area contributed by atoms with Crippen LogP contribution in [-0.2, 0) is 5.41 Å². The van der Waals surface area contributed by atoms with E-state index in [4.69, 9.17) is 4.42 Å². The number of rotatable bonds is 9. The molecule has 342 valence electrons. The molecule has 0 saturated carbocycles. The molecule has 0 amide bonds. The van der Waals surface area contributed by atoms with Crippen molar-refractivity contribution in [2.24, 2.45) is 0 Å². The number of anilines is 3. The normalized spacial score (nSPS) is 12.5. The number of hydrogen-bond acceptors (Lipinski definition) is 2. The van der Waals surface area contributed by atoms with Gasteiger partial charge in [0.1, 0.15) is 11.2 Å². The fourth-order valence-corrected chi connectivity index (χ4v) is 11.8. The first-order valence-electron chi connectivity index (χ1n) is 25.1. The molecule has 0 unspecified atom stereocenters. The van der Waals surface area contributed by atoms with Crippen molar-refractivity contribution in [2.75, 3.05) is 4.90 Å². The Morgan fingerprint density at radius 2 is 0.781 bits per heavy atom. The Kier molecular flexibility index (Phi) is 10.1. The summed E-state index contributed by atoms with van der Waals surface area (Å²) in [5.74, 6) is 0. The van der Waals surface area contributed by atoms with Crippen molar-refractivity contribution in [3.63, 3.8) is 0 Å². The summed E-state index contributed by atoms with van der Waals surface area (Å²) >= 11 is 0. The summed E-state index contributed by atoms with van der Waals surface area (Å²) in [7, 11) is 0. The van der Waals surface area contributed by atoms with Gasteiger partial charge in [0.25, 0.3) is 0 Å². The first-order valence-corrected chi connectivity index (χ1v) is 25.1. The zero-order valence-corrected chi connectivity index (χ0v) is 40.0. The van der Waals surface area contributed by atoms with Crippen LogP contribution in [0.1, 0.15) is 22.3 Å². The molecule has 0 aliphatic heterocycles. The maximum Gasteiger partial charge on any atom is 0.136 e. The highest BCUT2D eigenvalue weighted by Gasteiger charge is 2.46. The fourth-order valence-electron chi connectivity index (χ4n) is 11.8. The second-order valence-electron chi connectivity index (χ2n) is 19.2. The van der Waals surface area contributed by atoms with E-state index < -0.39 is 5.41 Å².